The molecule has 1 aromatic carbocycles. The van der Waals surface area contributed by atoms with E-state index in [1.165, 1.54) is 12.1 Å². The molecular formula is C14H22FN3O. The van der Waals surface area contributed by atoms with E-state index < -0.39 is 5.82 Å². The van der Waals surface area contributed by atoms with Gasteiger partial charge in [0.05, 0.1) is 0 Å². The maximum absolute atomic E-state index is 13.3. The molecule has 0 unspecified atom stereocenters. The molecule has 0 spiro atoms. The lowest BCUT2D eigenvalue weighted by Gasteiger charge is -2.26. The van der Waals surface area contributed by atoms with Crippen molar-refractivity contribution in [3.63, 3.8) is 0 Å². The zero-order chi connectivity index (χ0) is 14.4. The Balaban J connectivity index is 3.05. The summed E-state index contributed by atoms with van der Waals surface area (Å²) in [6.07, 6.45) is 1.04. The molecule has 0 aliphatic heterocycles. The van der Waals surface area contributed by atoms with Crippen LogP contribution in [0.15, 0.2) is 23.4 Å². The minimum atomic E-state index is -0.392. The van der Waals surface area contributed by atoms with E-state index in [1.807, 2.05) is 0 Å². The Morgan fingerprint density at radius 2 is 2.16 bits per heavy atom. The molecule has 0 fully saturated rings. The predicted molar refractivity (Wildman–Crippen MR) is 74.7 cm³/mol. The molecule has 106 valence electrons. The Labute approximate surface area is 113 Å². The van der Waals surface area contributed by atoms with Gasteiger partial charge in [-0.25, -0.2) is 4.39 Å². The van der Waals surface area contributed by atoms with Gasteiger partial charge in [0.2, 0.25) is 0 Å². The van der Waals surface area contributed by atoms with Gasteiger partial charge in [-0.15, -0.1) is 0 Å². The Hall–Kier alpha value is -1.62. The number of nitrogens with two attached hydrogens (primary N) is 1. The second kappa shape index (κ2) is 7.09. The fourth-order valence-corrected chi connectivity index (χ4v) is 2.00. The quantitative estimate of drug-likeness (QED) is 0.360. The second-order valence-electron chi connectivity index (χ2n) is 4.85. The maximum atomic E-state index is 13.3. The third kappa shape index (κ3) is 4.21. The van der Waals surface area contributed by atoms with Gasteiger partial charge >= 0.3 is 0 Å². The van der Waals surface area contributed by atoms with Crippen molar-refractivity contribution in [2.24, 2.45) is 10.9 Å². The molecule has 5 heteroatoms. The highest BCUT2D eigenvalue weighted by Crippen LogP contribution is 2.15. The van der Waals surface area contributed by atoms with Crippen molar-refractivity contribution < 1.29 is 9.60 Å². The van der Waals surface area contributed by atoms with E-state index in [0.717, 1.165) is 18.5 Å². The Bertz CT molecular complexity index is 446. The molecule has 4 nitrogen and oxygen atoms in total. The number of hydrogen-bond acceptors (Lipinski definition) is 3. The van der Waals surface area contributed by atoms with Gasteiger partial charge in [-0.2, -0.15) is 0 Å². The van der Waals surface area contributed by atoms with Gasteiger partial charge in [0.25, 0.3) is 0 Å². The van der Waals surface area contributed by atoms with Crippen LogP contribution in [0, 0.1) is 5.82 Å². The first-order chi connectivity index (χ1) is 8.99. The maximum Gasteiger partial charge on any atom is 0.170 e. The molecular weight excluding hydrogens is 245 g/mol. The summed E-state index contributed by atoms with van der Waals surface area (Å²) in [5.41, 5.74) is 6.91. The lowest BCUT2D eigenvalue weighted by atomic mass is 10.0. The van der Waals surface area contributed by atoms with Crippen LogP contribution in [0.5, 0.6) is 0 Å². The second-order valence-corrected chi connectivity index (χ2v) is 4.85. The van der Waals surface area contributed by atoms with Gasteiger partial charge in [-0.05, 0) is 44.5 Å². The summed E-state index contributed by atoms with van der Waals surface area (Å²) in [5, 5.41) is 11.7. The van der Waals surface area contributed by atoms with Crippen molar-refractivity contribution in [3.05, 3.63) is 35.1 Å². The molecule has 0 aliphatic rings. The summed E-state index contributed by atoms with van der Waals surface area (Å²) in [6, 6.07) is 4.77. The van der Waals surface area contributed by atoms with Crippen LogP contribution in [0.3, 0.4) is 0 Å². The highest BCUT2D eigenvalue weighted by atomic mass is 19.1. The normalized spacial score (nSPS) is 12.4. The summed E-state index contributed by atoms with van der Waals surface area (Å²) in [4.78, 5) is 2.27. The third-order valence-corrected chi connectivity index (χ3v) is 3.07. The van der Waals surface area contributed by atoms with Crippen LogP contribution in [0.25, 0.3) is 0 Å². The molecule has 1 aromatic rings. The largest absolute Gasteiger partial charge is 0.409 e. The van der Waals surface area contributed by atoms with Crippen LogP contribution in [-0.2, 0) is 6.54 Å². The minimum Gasteiger partial charge on any atom is -0.409 e. The van der Waals surface area contributed by atoms with Gasteiger partial charge < -0.3 is 10.9 Å². The topological polar surface area (TPSA) is 61.8 Å². The van der Waals surface area contributed by atoms with Gasteiger partial charge in [0, 0.05) is 18.2 Å². The summed E-state index contributed by atoms with van der Waals surface area (Å²) >= 11 is 0. The average Bonchev–Trinajstić information content (AvgIpc) is 2.38. The number of hydrogen-bond donors (Lipinski definition) is 2. The van der Waals surface area contributed by atoms with E-state index >= 15 is 0 Å². The predicted octanol–water partition coefficient (Wildman–Crippen LogP) is 2.54. The fraction of sp³-hybridized carbons (Fsp3) is 0.500. The smallest absolute Gasteiger partial charge is 0.170 e. The highest BCUT2D eigenvalue weighted by molar-refractivity contribution is 5.98. The molecule has 0 amide bonds. The highest BCUT2D eigenvalue weighted by Gasteiger charge is 2.14. The molecule has 0 saturated heterocycles. The first-order valence-corrected chi connectivity index (χ1v) is 6.50. The SMILES string of the molecule is CCCN(Cc1ccc(F)cc1C(N)=NO)C(C)C. The standard InChI is InChI=1S/C14H22FN3O/c1-4-7-18(10(2)3)9-11-5-6-12(15)8-13(11)14(16)17-19/h5-6,8,10,19H,4,7,9H2,1-3H3,(H2,16,17). The fourth-order valence-electron chi connectivity index (χ4n) is 2.00. The average molecular weight is 267 g/mol. The van der Waals surface area contributed by atoms with Gasteiger partial charge in [0.15, 0.2) is 5.84 Å². The van der Waals surface area contributed by atoms with E-state index in [-0.39, 0.29) is 5.84 Å². The van der Waals surface area contributed by atoms with Crippen LogP contribution >= 0.6 is 0 Å². The van der Waals surface area contributed by atoms with E-state index in [4.69, 9.17) is 10.9 Å². The van der Waals surface area contributed by atoms with E-state index in [1.54, 1.807) is 6.07 Å². The molecule has 1 rings (SSSR count). The van der Waals surface area contributed by atoms with Crippen LogP contribution < -0.4 is 5.73 Å². The summed E-state index contributed by atoms with van der Waals surface area (Å²) in [7, 11) is 0. The number of rotatable bonds is 6. The van der Waals surface area contributed by atoms with Crippen molar-refractivity contribution in [1.29, 1.82) is 0 Å². The van der Waals surface area contributed by atoms with E-state index in [0.29, 0.717) is 18.2 Å². The van der Waals surface area contributed by atoms with Crippen molar-refractivity contribution in [1.82, 2.24) is 4.90 Å². The van der Waals surface area contributed by atoms with Crippen molar-refractivity contribution in [2.45, 2.75) is 39.8 Å². The van der Waals surface area contributed by atoms with Crippen molar-refractivity contribution >= 4 is 5.84 Å². The lowest BCUT2D eigenvalue weighted by molar-refractivity contribution is 0.213. The number of amidine groups is 1. The zero-order valence-corrected chi connectivity index (χ0v) is 11.7. The molecule has 0 radical (unpaired) electrons. The van der Waals surface area contributed by atoms with Crippen molar-refractivity contribution in [3.8, 4) is 0 Å². The summed E-state index contributed by atoms with van der Waals surface area (Å²) in [6.45, 7) is 7.94. The van der Waals surface area contributed by atoms with Crippen LogP contribution in [0.4, 0.5) is 4.39 Å². The number of oxime groups is 1. The zero-order valence-electron chi connectivity index (χ0n) is 11.7. The van der Waals surface area contributed by atoms with Gasteiger partial charge in [0.1, 0.15) is 5.82 Å². The van der Waals surface area contributed by atoms with E-state index in [9.17, 15) is 4.39 Å². The molecule has 0 aromatic heterocycles. The third-order valence-electron chi connectivity index (χ3n) is 3.07. The summed E-state index contributed by atoms with van der Waals surface area (Å²) in [5.74, 6) is -0.452. The molecule has 0 heterocycles. The summed E-state index contributed by atoms with van der Waals surface area (Å²) < 4.78 is 13.3. The molecule has 0 saturated carbocycles. The van der Waals surface area contributed by atoms with Crippen LogP contribution in [0.2, 0.25) is 0 Å². The first kappa shape index (κ1) is 15.4. The minimum absolute atomic E-state index is 0.0605. The Morgan fingerprint density at radius 3 is 2.68 bits per heavy atom. The van der Waals surface area contributed by atoms with Crippen LogP contribution in [-0.4, -0.2) is 28.5 Å². The van der Waals surface area contributed by atoms with Gasteiger partial charge in [-0.3, -0.25) is 4.90 Å². The molecule has 19 heavy (non-hydrogen) atoms. The first-order valence-electron chi connectivity index (χ1n) is 6.50. The molecule has 0 atom stereocenters. The Kier molecular flexibility index (Phi) is 5.76. The van der Waals surface area contributed by atoms with E-state index in [2.05, 4.69) is 30.8 Å². The number of halogens is 1. The number of benzene rings is 1. The molecule has 0 bridgehead atoms. The lowest BCUT2D eigenvalue weighted by Crippen LogP contribution is -2.32. The molecule has 3 N–H and O–H groups in total. The number of nitrogens with zero attached hydrogens (tertiary/aromatic N) is 2. The van der Waals surface area contributed by atoms with Gasteiger partial charge in [-0.1, -0.05) is 18.1 Å². The molecule has 0 aliphatic carbocycles. The van der Waals surface area contributed by atoms with Crippen molar-refractivity contribution in [2.75, 3.05) is 6.54 Å². The van der Waals surface area contributed by atoms with Crippen LogP contribution in [0.1, 0.15) is 38.3 Å². The Morgan fingerprint density at radius 1 is 1.47 bits per heavy atom. The monoisotopic (exact) mass is 267 g/mol.